The van der Waals surface area contributed by atoms with E-state index in [1.54, 1.807) is 17.3 Å². The van der Waals surface area contributed by atoms with Crippen LogP contribution in [0.4, 0.5) is 0 Å². The first-order chi connectivity index (χ1) is 9.24. The molecular weight excluding hydrogens is 242 g/mol. The predicted octanol–water partition coefficient (Wildman–Crippen LogP) is 1.56. The van der Waals surface area contributed by atoms with Crippen LogP contribution in [-0.4, -0.2) is 32.5 Å². The molecule has 1 N–H and O–H groups in total. The molecule has 0 saturated heterocycles. The van der Waals surface area contributed by atoms with Crippen molar-refractivity contribution in [1.82, 2.24) is 14.9 Å². The van der Waals surface area contributed by atoms with Gasteiger partial charge in [-0.1, -0.05) is 12.1 Å². The summed E-state index contributed by atoms with van der Waals surface area (Å²) < 4.78 is 0. The summed E-state index contributed by atoms with van der Waals surface area (Å²) in [6, 6.07) is 11.2. The maximum Gasteiger partial charge on any atom is 0.317 e. The summed E-state index contributed by atoms with van der Waals surface area (Å²) in [5, 5.41) is 8.96. The van der Waals surface area contributed by atoms with Crippen LogP contribution in [-0.2, 0) is 17.9 Å². The Kier molecular flexibility index (Phi) is 4.58. The Bertz CT molecular complexity index is 475. The Morgan fingerprint density at radius 3 is 1.89 bits per heavy atom. The molecule has 0 bridgehead atoms. The molecule has 0 amide bonds. The summed E-state index contributed by atoms with van der Waals surface area (Å²) in [7, 11) is 0. The minimum absolute atomic E-state index is 0.0346. The second kappa shape index (κ2) is 6.61. The van der Waals surface area contributed by atoms with E-state index in [-0.39, 0.29) is 6.54 Å². The quantitative estimate of drug-likeness (QED) is 0.850. The van der Waals surface area contributed by atoms with Crippen LogP contribution in [0.1, 0.15) is 11.4 Å². The molecule has 0 fully saturated rings. The van der Waals surface area contributed by atoms with Gasteiger partial charge in [-0.2, -0.15) is 0 Å². The molecule has 0 spiro atoms. The van der Waals surface area contributed by atoms with Crippen LogP contribution in [0.2, 0.25) is 0 Å². The monoisotopic (exact) mass is 257 g/mol. The average Bonchev–Trinajstić information content (AvgIpc) is 2.40. The molecule has 19 heavy (non-hydrogen) atoms. The average molecular weight is 257 g/mol. The fourth-order valence-corrected chi connectivity index (χ4v) is 1.80. The Morgan fingerprint density at radius 1 is 1.00 bits per heavy atom. The lowest BCUT2D eigenvalue weighted by atomic mass is 10.3. The highest BCUT2D eigenvalue weighted by Crippen LogP contribution is 2.06. The first-order valence-electron chi connectivity index (χ1n) is 5.98. The van der Waals surface area contributed by atoms with Gasteiger partial charge in [0.15, 0.2) is 0 Å². The van der Waals surface area contributed by atoms with Crippen molar-refractivity contribution < 1.29 is 9.90 Å². The van der Waals surface area contributed by atoms with Crippen molar-refractivity contribution in [2.45, 2.75) is 13.1 Å². The number of aromatic nitrogens is 2. The summed E-state index contributed by atoms with van der Waals surface area (Å²) in [5.41, 5.74) is 1.69. The van der Waals surface area contributed by atoms with Crippen molar-refractivity contribution in [2.75, 3.05) is 6.54 Å². The molecule has 0 radical (unpaired) electrons. The maximum atomic E-state index is 10.9. The van der Waals surface area contributed by atoms with Crippen LogP contribution < -0.4 is 0 Å². The molecule has 2 heterocycles. The molecule has 0 aliphatic carbocycles. The second-order valence-corrected chi connectivity index (χ2v) is 4.18. The normalized spacial score (nSPS) is 10.6. The third-order valence-electron chi connectivity index (χ3n) is 2.58. The third-order valence-corrected chi connectivity index (χ3v) is 2.58. The maximum absolute atomic E-state index is 10.9. The fourth-order valence-electron chi connectivity index (χ4n) is 1.80. The van der Waals surface area contributed by atoms with E-state index in [1.165, 1.54) is 0 Å². The molecule has 5 heteroatoms. The molecule has 0 atom stereocenters. The number of carboxylic acid groups (broad SMARTS) is 1. The highest BCUT2D eigenvalue weighted by molar-refractivity contribution is 5.69. The van der Waals surface area contributed by atoms with Gasteiger partial charge in [-0.05, 0) is 24.3 Å². The van der Waals surface area contributed by atoms with Gasteiger partial charge in [0.05, 0.1) is 17.9 Å². The van der Waals surface area contributed by atoms with Gasteiger partial charge >= 0.3 is 5.97 Å². The SMILES string of the molecule is O=C(O)CN(Cc1ccccn1)Cc1ccccn1. The van der Waals surface area contributed by atoms with Crippen molar-refractivity contribution in [3.63, 3.8) is 0 Å². The third kappa shape index (κ3) is 4.48. The van der Waals surface area contributed by atoms with E-state index in [9.17, 15) is 4.79 Å². The first kappa shape index (κ1) is 13.2. The van der Waals surface area contributed by atoms with E-state index in [4.69, 9.17) is 5.11 Å². The van der Waals surface area contributed by atoms with E-state index in [0.29, 0.717) is 13.1 Å². The summed E-state index contributed by atoms with van der Waals surface area (Å²) in [4.78, 5) is 21.1. The smallest absolute Gasteiger partial charge is 0.317 e. The van der Waals surface area contributed by atoms with Crippen molar-refractivity contribution in [3.05, 3.63) is 60.2 Å². The molecule has 0 aromatic carbocycles. The van der Waals surface area contributed by atoms with Crippen molar-refractivity contribution >= 4 is 5.97 Å². The Labute approximate surface area is 111 Å². The summed E-state index contributed by atoms with van der Waals surface area (Å²) in [6.45, 7) is 0.945. The molecule has 5 nitrogen and oxygen atoms in total. The van der Waals surface area contributed by atoms with E-state index in [1.807, 2.05) is 36.4 Å². The molecule has 2 rings (SSSR count). The number of aliphatic carboxylic acids is 1. The topological polar surface area (TPSA) is 66.3 Å². The van der Waals surface area contributed by atoms with Gasteiger partial charge in [-0.3, -0.25) is 19.7 Å². The minimum Gasteiger partial charge on any atom is -0.480 e. The number of pyridine rings is 2. The zero-order chi connectivity index (χ0) is 13.5. The van der Waals surface area contributed by atoms with E-state index >= 15 is 0 Å². The van der Waals surface area contributed by atoms with Crippen LogP contribution >= 0.6 is 0 Å². The number of rotatable bonds is 6. The van der Waals surface area contributed by atoms with E-state index < -0.39 is 5.97 Å². The number of carbonyl (C=O) groups is 1. The second-order valence-electron chi connectivity index (χ2n) is 4.18. The largest absolute Gasteiger partial charge is 0.480 e. The zero-order valence-corrected chi connectivity index (χ0v) is 10.4. The Morgan fingerprint density at radius 2 is 1.53 bits per heavy atom. The van der Waals surface area contributed by atoms with Crippen LogP contribution in [0.3, 0.4) is 0 Å². The molecule has 0 unspecified atom stereocenters. The highest BCUT2D eigenvalue weighted by Gasteiger charge is 2.12. The van der Waals surface area contributed by atoms with Crippen LogP contribution in [0.25, 0.3) is 0 Å². The standard InChI is InChI=1S/C14H15N3O2/c18-14(19)11-17(9-12-5-1-3-7-15-12)10-13-6-2-4-8-16-13/h1-8H,9-11H2,(H,18,19). The lowest BCUT2D eigenvalue weighted by molar-refractivity contribution is -0.138. The molecule has 0 aliphatic heterocycles. The molecule has 2 aromatic rings. The van der Waals surface area contributed by atoms with Crippen LogP contribution in [0.5, 0.6) is 0 Å². The lowest BCUT2D eigenvalue weighted by Crippen LogP contribution is -2.29. The number of carboxylic acids is 1. The lowest BCUT2D eigenvalue weighted by Gasteiger charge is -2.19. The molecular formula is C14H15N3O2. The van der Waals surface area contributed by atoms with Crippen LogP contribution in [0.15, 0.2) is 48.8 Å². The van der Waals surface area contributed by atoms with Gasteiger partial charge < -0.3 is 5.11 Å². The molecule has 0 saturated carbocycles. The van der Waals surface area contributed by atoms with Gasteiger partial charge in [0.2, 0.25) is 0 Å². The first-order valence-corrected chi connectivity index (χ1v) is 5.98. The summed E-state index contributed by atoms with van der Waals surface area (Å²) in [5.74, 6) is -0.855. The minimum atomic E-state index is -0.855. The molecule has 2 aromatic heterocycles. The number of hydrogen-bond donors (Lipinski definition) is 1. The Balaban J connectivity index is 2.06. The molecule has 98 valence electrons. The van der Waals surface area contributed by atoms with Crippen LogP contribution in [0, 0.1) is 0 Å². The highest BCUT2D eigenvalue weighted by atomic mass is 16.4. The molecule has 0 aliphatic rings. The van der Waals surface area contributed by atoms with E-state index in [2.05, 4.69) is 9.97 Å². The van der Waals surface area contributed by atoms with Crippen molar-refractivity contribution in [2.24, 2.45) is 0 Å². The van der Waals surface area contributed by atoms with Gasteiger partial charge in [-0.15, -0.1) is 0 Å². The summed E-state index contributed by atoms with van der Waals surface area (Å²) >= 11 is 0. The Hall–Kier alpha value is -2.27. The number of hydrogen-bond acceptors (Lipinski definition) is 4. The van der Waals surface area contributed by atoms with Gasteiger partial charge in [0.1, 0.15) is 0 Å². The van der Waals surface area contributed by atoms with Gasteiger partial charge in [0, 0.05) is 25.5 Å². The van der Waals surface area contributed by atoms with Gasteiger partial charge in [0.25, 0.3) is 0 Å². The van der Waals surface area contributed by atoms with Crippen molar-refractivity contribution in [1.29, 1.82) is 0 Å². The zero-order valence-electron chi connectivity index (χ0n) is 10.4. The fraction of sp³-hybridized carbons (Fsp3) is 0.214. The van der Waals surface area contributed by atoms with E-state index in [0.717, 1.165) is 11.4 Å². The van der Waals surface area contributed by atoms with Gasteiger partial charge in [-0.25, -0.2) is 0 Å². The number of nitrogens with zero attached hydrogens (tertiary/aromatic N) is 3. The summed E-state index contributed by atoms with van der Waals surface area (Å²) in [6.07, 6.45) is 3.41. The predicted molar refractivity (Wildman–Crippen MR) is 70.2 cm³/mol. The van der Waals surface area contributed by atoms with Crippen molar-refractivity contribution in [3.8, 4) is 0 Å².